The molecule has 3 aromatic heterocycles. The molecule has 0 amide bonds. The first-order chi connectivity index (χ1) is 18.5. The van der Waals surface area contributed by atoms with Gasteiger partial charge in [0.05, 0.1) is 21.7 Å². The lowest BCUT2D eigenvalue weighted by Gasteiger charge is -2.17. The van der Waals surface area contributed by atoms with E-state index in [1.54, 1.807) is 6.07 Å². The quantitative estimate of drug-likeness (QED) is 0.216. The number of phenolic OH excluding ortho intramolecular Hbond substituents is 1. The number of phenols is 1. The van der Waals surface area contributed by atoms with E-state index in [4.69, 9.17) is 16.6 Å². The van der Waals surface area contributed by atoms with Gasteiger partial charge in [0.25, 0.3) is 12.0 Å². The largest absolute Gasteiger partial charge is 0.505 e. The molecular weight excluding hydrogens is 561 g/mol. The second-order valence-corrected chi connectivity index (χ2v) is 10.8. The van der Waals surface area contributed by atoms with Crippen molar-refractivity contribution in [3.05, 3.63) is 86.4 Å². The Morgan fingerprint density at radius 3 is 2.54 bits per heavy atom. The van der Waals surface area contributed by atoms with Crippen molar-refractivity contribution in [2.45, 2.75) is 37.9 Å². The van der Waals surface area contributed by atoms with Crippen LogP contribution < -0.4 is 5.56 Å². The molecule has 2 aromatic carbocycles. The molecule has 0 atom stereocenters. The maximum atomic E-state index is 14.0. The summed E-state index contributed by atoms with van der Waals surface area (Å²) in [5.74, 6) is 0.0153. The van der Waals surface area contributed by atoms with Crippen LogP contribution in [0.2, 0.25) is 5.02 Å². The number of rotatable bonds is 5. The number of hydrogen-bond acceptors (Lipinski definition) is 5. The van der Waals surface area contributed by atoms with Crippen LogP contribution in [0.4, 0.5) is 22.0 Å². The Morgan fingerprint density at radius 1 is 1.13 bits per heavy atom. The molecule has 1 aliphatic rings. The second kappa shape index (κ2) is 9.27. The summed E-state index contributed by atoms with van der Waals surface area (Å²) in [5, 5.41) is 11.2. The molecule has 0 radical (unpaired) electrons. The third-order valence-corrected chi connectivity index (χ3v) is 8.14. The Balaban J connectivity index is 1.61. The minimum atomic E-state index is -4.62. The van der Waals surface area contributed by atoms with Gasteiger partial charge in [0.15, 0.2) is 5.75 Å². The zero-order valence-corrected chi connectivity index (χ0v) is 21.3. The van der Waals surface area contributed by atoms with E-state index >= 15 is 0 Å². The number of pyridine rings is 1. The molecule has 39 heavy (non-hydrogen) atoms. The van der Waals surface area contributed by atoms with Gasteiger partial charge in [-0.25, -0.2) is 13.8 Å². The Labute approximate surface area is 226 Å². The molecule has 0 aliphatic heterocycles. The lowest BCUT2D eigenvalue weighted by Crippen LogP contribution is -2.24. The van der Waals surface area contributed by atoms with Gasteiger partial charge in [-0.05, 0) is 48.1 Å². The molecule has 12 heteroatoms. The van der Waals surface area contributed by atoms with Crippen LogP contribution in [0.5, 0.6) is 5.75 Å². The molecular formula is C27H17ClF5N3O2S. The minimum Gasteiger partial charge on any atom is -0.505 e. The predicted octanol–water partition coefficient (Wildman–Crippen LogP) is 7.91. The highest BCUT2D eigenvalue weighted by Gasteiger charge is 2.32. The van der Waals surface area contributed by atoms with E-state index in [2.05, 4.69) is 4.98 Å². The van der Waals surface area contributed by atoms with Crippen LogP contribution in [0.3, 0.4) is 0 Å². The van der Waals surface area contributed by atoms with E-state index in [0.717, 1.165) is 36.4 Å². The Bertz CT molecular complexity index is 1810. The van der Waals surface area contributed by atoms with Gasteiger partial charge in [0.2, 0.25) is 0 Å². The topological polar surface area (TPSA) is 68.0 Å². The highest BCUT2D eigenvalue weighted by molar-refractivity contribution is 7.25. The van der Waals surface area contributed by atoms with Gasteiger partial charge < -0.3 is 5.11 Å². The number of aromatic nitrogens is 3. The third-order valence-electron chi connectivity index (χ3n) is 6.73. The van der Waals surface area contributed by atoms with Crippen molar-refractivity contribution in [2.75, 3.05) is 0 Å². The summed E-state index contributed by atoms with van der Waals surface area (Å²) in [5.41, 5.74) is -0.283. The van der Waals surface area contributed by atoms with Crippen molar-refractivity contribution in [1.29, 1.82) is 0 Å². The van der Waals surface area contributed by atoms with E-state index in [1.165, 1.54) is 34.9 Å². The van der Waals surface area contributed by atoms with Gasteiger partial charge in [-0.15, -0.1) is 11.3 Å². The van der Waals surface area contributed by atoms with Gasteiger partial charge >= 0.3 is 6.18 Å². The number of fused-ring (bicyclic) bond motifs is 3. The zero-order chi connectivity index (χ0) is 27.6. The first-order valence-corrected chi connectivity index (χ1v) is 13.0. The van der Waals surface area contributed by atoms with Gasteiger partial charge in [0.1, 0.15) is 16.3 Å². The maximum absolute atomic E-state index is 14.0. The van der Waals surface area contributed by atoms with Crippen molar-refractivity contribution in [2.24, 2.45) is 0 Å². The summed E-state index contributed by atoms with van der Waals surface area (Å²) in [7, 11) is 0. The monoisotopic (exact) mass is 577 g/mol. The van der Waals surface area contributed by atoms with Crippen LogP contribution in [0.25, 0.3) is 31.7 Å². The molecule has 6 rings (SSSR count). The molecule has 3 heterocycles. The standard InChI is InChI=1S/C27H17ClF5N3O2S/c28-18-7-6-16-20-25(39-22(16)21(18)37)35-24(15-5-4-14(23(29)30)9-17(15)13-2-3-13)36(26(20)38)11-12-1-8-19(34-10-12)27(31,32)33/h1,4-10,13,23,37H,2-3,11H2. The third kappa shape index (κ3) is 4.53. The number of halogens is 6. The van der Waals surface area contributed by atoms with Gasteiger partial charge in [-0.2, -0.15) is 13.2 Å². The Morgan fingerprint density at radius 2 is 1.90 bits per heavy atom. The first kappa shape index (κ1) is 25.7. The normalized spacial score (nSPS) is 14.1. The fourth-order valence-corrected chi connectivity index (χ4v) is 5.98. The van der Waals surface area contributed by atoms with E-state index in [0.29, 0.717) is 31.6 Å². The molecule has 1 N–H and O–H groups in total. The van der Waals surface area contributed by atoms with Crippen molar-refractivity contribution < 1.29 is 27.1 Å². The molecule has 1 saturated carbocycles. The number of nitrogens with zero attached hydrogens (tertiary/aromatic N) is 3. The number of aromatic hydroxyl groups is 1. The van der Waals surface area contributed by atoms with Crippen LogP contribution in [0, 0.1) is 0 Å². The molecule has 200 valence electrons. The average molecular weight is 578 g/mol. The van der Waals surface area contributed by atoms with E-state index in [1.807, 2.05) is 0 Å². The molecule has 0 unspecified atom stereocenters. The van der Waals surface area contributed by atoms with Crippen LogP contribution in [-0.4, -0.2) is 19.6 Å². The smallest absolute Gasteiger partial charge is 0.433 e. The molecule has 0 saturated heterocycles. The second-order valence-electron chi connectivity index (χ2n) is 9.35. The highest BCUT2D eigenvalue weighted by atomic mass is 35.5. The summed E-state index contributed by atoms with van der Waals surface area (Å²) in [6.07, 6.45) is -4.66. The number of benzene rings is 2. The number of thiophene rings is 1. The SMILES string of the molecule is O=c1c2c(nc(-c3ccc(C(F)F)cc3C3CC3)n1Cc1ccc(C(F)(F)F)nc1)sc1c(O)c(Cl)ccc12. The maximum Gasteiger partial charge on any atom is 0.433 e. The van der Waals surface area contributed by atoms with E-state index in [9.17, 15) is 31.9 Å². The van der Waals surface area contributed by atoms with Crippen LogP contribution in [0.1, 0.15) is 47.6 Å². The van der Waals surface area contributed by atoms with Gasteiger partial charge in [0, 0.05) is 22.7 Å². The van der Waals surface area contributed by atoms with Gasteiger partial charge in [-0.1, -0.05) is 35.9 Å². The predicted molar refractivity (Wildman–Crippen MR) is 139 cm³/mol. The van der Waals surface area contributed by atoms with Crippen molar-refractivity contribution >= 4 is 43.2 Å². The van der Waals surface area contributed by atoms with Crippen molar-refractivity contribution in [1.82, 2.24) is 14.5 Å². The van der Waals surface area contributed by atoms with E-state index in [-0.39, 0.29) is 40.0 Å². The van der Waals surface area contributed by atoms with Crippen LogP contribution in [-0.2, 0) is 12.7 Å². The molecule has 0 bridgehead atoms. The summed E-state index contributed by atoms with van der Waals surface area (Å²) in [6, 6.07) is 9.32. The molecule has 5 aromatic rings. The first-order valence-electron chi connectivity index (χ1n) is 11.8. The lowest BCUT2D eigenvalue weighted by atomic mass is 9.99. The van der Waals surface area contributed by atoms with Crippen LogP contribution >= 0.6 is 22.9 Å². The Kier molecular flexibility index (Phi) is 6.11. The molecule has 0 spiro atoms. The van der Waals surface area contributed by atoms with Crippen molar-refractivity contribution in [3.8, 4) is 17.1 Å². The fourth-order valence-electron chi connectivity index (χ4n) is 4.66. The zero-order valence-electron chi connectivity index (χ0n) is 19.8. The summed E-state index contributed by atoms with van der Waals surface area (Å²) in [4.78, 5) is 22.6. The lowest BCUT2D eigenvalue weighted by molar-refractivity contribution is -0.141. The molecule has 1 aliphatic carbocycles. The average Bonchev–Trinajstić information content (AvgIpc) is 3.67. The number of hydrogen-bond donors (Lipinski definition) is 1. The summed E-state index contributed by atoms with van der Waals surface area (Å²) < 4.78 is 67.9. The van der Waals surface area contributed by atoms with E-state index < -0.39 is 23.9 Å². The van der Waals surface area contributed by atoms with Crippen LogP contribution in [0.15, 0.2) is 53.5 Å². The number of alkyl halides is 5. The molecule has 5 nitrogen and oxygen atoms in total. The highest BCUT2D eigenvalue weighted by Crippen LogP contribution is 2.46. The minimum absolute atomic E-state index is 0.0257. The summed E-state index contributed by atoms with van der Waals surface area (Å²) in [6.45, 7) is -0.167. The summed E-state index contributed by atoms with van der Waals surface area (Å²) >= 11 is 7.14. The van der Waals surface area contributed by atoms with Crippen molar-refractivity contribution in [3.63, 3.8) is 0 Å². The van der Waals surface area contributed by atoms with Gasteiger partial charge in [-0.3, -0.25) is 14.3 Å². The fraction of sp³-hybridized carbons (Fsp3) is 0.222. The molecule has 1 fully saturated rings. The Hall–Kier alpha value is -3.57.